The second kappa shape index (κ2) is 5.32. The Kier molecular flexibility index (Phi) is 3.79. The van der Waals surface area contributed by atoms with Gasteiger partial charge in [0.05, 0.1) is 0 Å². The molecular formula is C14H15BrN2. The summed E-state index contributed by atoms with van der Waals surface area (Å²) in [5.74, 6) is 0.941. The Labute approximate surface area is 110 Å². The Morgan fingerprint density at radius 3 is 2.65 bits per heavy atom. The summed E-state index contributed by atoms with van der Waals surface area (Å²) in [5, 5.41) is 3.37. The van der Waals surface area contributed by atoms with Crippen LogP contribution >= 0.6 is 15.9 Å². The van der Waals surface area contributed by atoms with Gasteiger partial charge in [-0.2, -0.15) is 0 Å². The molecule has 0 fully saturated rings. The summed E-state index contributed by atoms with van der Waals surface area (Å²) in [6.07, 6.45) is 1.81. The highest BCUT2D eigenvalue weighted by Crippen LogP contribution is 2.18. The maximum Gasteiger partial charge on any atom is 0.129 e. The van der Waals surface area contributed by atoms with Crippen LogP contribution in [0.4, 0.5) is 5.82 Å². The van der Waals surface area contributed by atoms with E-state index in [0.29, 0.717) is 0 Å². The zero-order valence-corrected chi connectivity index (χ0v) is 11.6. The van der Waals surface area contributed by atoms with E-state index in [9.17, 15) is 0 Å². The lowest BCUT2D eigenvalue weighted by molar-refractivity contribution is 1.08. The molecule has 0 atom stereocenters. The molecule has 88 valence electrons. The van der Waals surface area contributed by atoms with E-state index in [1.54, 1.807) is 0 Å². The standard InChI is InChI=1S/C14H15BrN2/c1-10-5-3-4-6-12(10)8-16-14-11(2)7-13(15)9-17-14/h3-7,9H,8H2,1-2H3,(H,16,17). The molecule has 2 rings (SSSR count). The Hall–Kier alpha value is -1.35. The van der Waals surface area contributed by atoms with Gasteiger partial charge >= 0.3 is 0 Å². The predicted octanol–water partition coefficient (Wildman–Crippen LogP) is 4.07. The van der Waals surface area contributed by atoms with E-state index in [0.717, 1.165) is 22.4 Å². The van der Waals surface area contributed by atoms with Gasteiger partial charge in [0, 0.05) is 17.2 Å². The lowest BCUT2D eigenvalue weighted by Crippen LogP contribution is -2.04. The smallest absolute Gasteiger partial charge is 0.129 e. The van der Waals surface area contributed by atoms with Crippen molar-refractivity contribution in [1.29, 1.82) is 0 Å². The first-order valence-corrected chi connectivity index (χ1v) is 6.36. The van der Waals surface area contributed by atoms with Gasteiger partial charge < -0.3 is 5.32 Å². The van der Waals surface area contributed by atoms with Gasteiger partial charge in [-0.3, -0.25) is 0 Å². The molecule has 0 bridgehead atoms. The number of pyridine rings is 1. The number of nitrogens with zero attached hydrogens (tertiary/aromatic N) is 1. The minimum absolute atomic E-state index is 0.808. The van der Waals surface area contributed by atoms with Gasteiger partial charge in [-0.25, -0.2) is 4.98 Å². The fourth-order valence-electron chi connectivity index (χ4n) is 1.71. The predicted molar refractivity (Wildman–Crippen MR) is 75.2 cm³/mol. The van der Waals surface area contributed by atoms with Crippen LogP contribution in [0.3, 0.4) is 0 Å². The number of hydrogen-bond acceptors (Lipinski definition) is 2. The molecule has 2 nitrogen and oxygen atoms in total. The molecule has 0 amide bonds. The quantitative estimate of drug-likeness (QED) is 0.922. The molecule has 2 aromatic rings. The zero-order chi connectivity index (χ0) is 12.3. The van der Waals surface area contributed by atoms with Crippen molar-refractivity contribution >= 4 is 21.7 Å². The molecule has 1 heterocycles. The van der Waals surface area contributed by atoms with Gasteiger partial charge in [-0.1, -0.05) is 24.3 Å². The Balaban J connectivity index is 2.10. The van der Waals surface area contributed by atoms with E-state index in [1.807, 2.05) is 6.20 Å². The molecular weight excluding hydrogens is 276 g/mol. The van der Waals surface area contributed by atoms with Gasteiger partial charge in [0.2, 0.25) is 0 Å². The third-order valence-electron chi connectivity index (χ3n) is 2.75. The van der Waals surface area contributed by atoms with Gasteiger partial charge in [-0.05, 0) is 52.5 Å². The van der Waals surface area contributed by atoms with E-state index in [-0.39, 0.29) is 0 Å². The molecule has 0 aliphatic carbocycles. The average Bonchev–Trinajstić information content (AvgIpc) is 2.30. The lowest BCUT2D eigenvalue weighted by atomic mass is 10.1. The van der Waals surface area contributed by atoms with Crippen LogP contribution in [0.25, 0.3) is 0 Å². The van der Waals surface area contributed by atoms with Crippen molar-refractivity contribution < 1.29 is 0 Å². The van der Waals surface area contributed by atoms with Gasteiger partial charge in [0.15, 0.2) is 0 Å². The van der Waals surface area contributed by atoms with Crippen LogP contribution in [0.1, 0.15) is 16.7 Å². The Bertz CT molecular complexity index is 523. The van der Waals surface area contributed by atoms with E-state index >= 15 is 0 Å². The van der Waals surface area contributed by atoms with Crippen LogP contribution in [-0.2, 0) is 6.54 Å². The van der Waals surface area contributed by atoms with Crippen molar-refractivity contribution in [2.75, 3.05) is 5.32 Å². The van der Waals surface area contributed by atoms with Gasteiger partial charge in [0.1, 0.15) is 5.82 Å². The highest BCUT2D eigenvalue weighted by molar-refractivity contribution is 9.10. The maximum absolute atomic E-state index is 4.36. The van der Waals surface area contributed by atoms with Crippen molar-refractivity contribution in [2.24, 2.45) is 0 Å². The number of anilines is 1. The van der Waals surface area contributed by atoms with E-state index < -0.39 is 0 Å². The second-order valence-corrected chi connectivity index (χ2v) is 5.01. The van der Waals surface area contributed by atoms with Crippen LogP contribution < -0.4 is 5.32 Å². The summed E-state index contributed by atoms with van der Waals surface area (Å²) < 4.78 is 1.01. The van der Waals surface area contributed by atoms with Crippen LogP contribution in [0.2, 0.25) is 0 Å². The van der Waals surface area contributed by atoms with Crippen molar-refractivity contribution in [3.8, 4) is 0 Å². The van der Waals surface area contributed by atoms with Crippen molar-refractivity contribution in [2.45, 2.75) is 20.4 Å². The molecule has 0 saturated heterocycles. The molecule has 1 N–H and O–H groups in total. The van der Waals surface area contributed by atoms with Crippen LogP contribution in [0.15, 0.2) is 41.0 Å². The summed E-state index contributed by atoms with van der Waals surface area (Å²) in [5.41, 5.74) is 3.75. The first-order valence-electron chi connectivity index (χ1n) is 5.57. The van der Waals surface area contributed by atoms with Crippen molar-refractivity contribution in [1.82, 2.24) is 4.98 Å². The first kappa shape index (κ1) is 12.1. The van der Waals surface area contributed by atoms with Gasteiger partial charge in [0.25, 0.3) is 0 Å². The molecule has 0 spiro atoms. The number of nitrogens with one attached hydrogen (secondary N) is 1. The molecule has 0 radical (unpaired) electrons. The summed E-state index contributed by atoms with van der Waals surface area (Å²) in [4.78, 5) is 4.36. The first-order chi connectivity index (χ1) is 8.16. The Morgan fingerprint density at radius 1 is 1.18 bits per heavy atom. The fraction of sp³-hybridized carbons (Fsp3) is 0.214. The highest BCUT2D eigenvalue weighted by atomic mass is 79.9. The molecule has 17 heavy (non-hydrogen) atoms. The highest BCUT2D eigenvalue weighted by Gasteiger charge is 2.01. The zero-order valence-electron chi connectivity index (χ0n) is 10.00. The van der Waals surface area contributed by atoms with E-state index in [2.05, 4.69) is 70.4 Å². The molecule has 0 saturated carbocycles. The number of aromatic nitrogens is 1. The summed E-state index contributed by atoms with van der Waals surface area (Å²) in [6.45, 7) is 4.99. The summed E-state index contributed by atoms with van der Waals surface area (Å²) in [7, 11) is 0. The minimum atomic E-state index is 0.808. The van der Waals surface area contributed by atoms with Crippen molar-refractivity contribution in [3.63, 3.8) is 0 Å². The molecule has 1 aromatic carbocycles. The fourth-order valence-corrected chi connectivity index (χ4v) is 2.16. The number of benzene rings is 1. The number of aryl methyl sites for hydroxylation is 2. The Morgan fingerprint density at radius 2 is 1.94 bits per heavy atom. The molecule has 1 aromatic heterocycles. The normalized spacial score (nSPS) is 10.3. The van der Waals surface area contributed by atoms with E-state index in [1.165, 1.54) is 11.1 Å². The second-order valence-electron chi connectivity index (χ2n) is 4.10. The van der Waals surface area contributed by atoms with Crippen LogP contribution in [-0.4, -0.2) is 4.98 Å². The van der Waals surface area contributed by atoms with Crippen LogP contribution in [0, 0.1) is 13.8 Å². The third kappa shape index (κ3) is 3.07. The lowest BCUT2D eigenvalue weighted by Gasteiger charge is -2.10. The van der Waals surface area contributed by atoms with E-state index in [4.69, 9.17) is 0 Å². The summed E-state index contributed by atoms with van der Waals surface area (Å²) >= 11 is 3.41. The number of halogens is 1. The monoisotopic (exact) mass is 290 g/mol. The SMILES string of the molecule is Cc1ccccc1CNc1ncc(Br)cc1C. The number of hydrogen-bond donors (Lipinski definition) is 1. The molecule has 3 heteroatoms. The van der Waals surface area contributed by atoms with Crippen molar-refractivity contribution in [3.05, 3.63) is 57.7 Å². The van der Waals surface area contributed by atoms with Crippen LogP contribution in [0.5, 0.6) is 0 Å². The topological polar surface area (TPSA) is 24.9 Å². The average molecular weight is 291 g/mol. The molecule has 0 unspecified atom stereocenters. The summed E-state index contributed by atoms with van der Waals surface area (Å²) in [6, 6.07) is 10.4. The maximum atomic E-state index is 4.36. The number of rotatable bonds is 3. The molecule has 0 aliphatic heterocycles. The third-order valence-corrected chi connectivity index (χ3v) is 3.19. The molecule has 0 aliphatic rings. The van der Waals surface area contributed by atoms with Gasteiger partial charge in [-0.15, -0.1) is 0 Å². The largest absolute Gasteiger partial charge is 0.366 e. The minimum Gasteiger partial charge on any atom is -0.366 e.